The van der Waals surface area contributed by atoms with Crippen LogP contribution in [0.2, 0.25) is 0 Å². The minimum absolute atomic E-state index is 0.354. The van der Waals surface area contributed by atoms with Crippen molar-refractivity contribution in [1.29, 1.82) is 0 Å². The normalized spacial score (nSPS) is 12.0. The van der Waals surface area contributed by atoms with Crippen LogP contribution in [0.5, 0.6) is 0 Å². The predicted octanol–water partition coefficient (Wildman–Crippen LogP) is 2.81. The van der Waals surface area contributed by atoms with Crippen molar-refractivity contribution in [2.45, 2.75) is 12.6 Å². The third-order valence-electron chi connectivity index (χ3n) is 3.32. The monoisotopic (exact) mass is 295 g/mol. The lowest BCUT2D eigenvalue weighted by molar-refractivity contribution is 0.154. The van der Waals surface area contributed by atoms with Crippen molar-refractivity contribution >= 4 is 5.95 Å². The number of hydrogen-bond donors (Lipinski definition) is 1. The molecule has 22 heavy (non-hydrogen) atoms. The quantitative estimate of drug-likeness (QED) is 0.757. The van der Waals surface area contributed by atoms with E-state index in [2.05, 4.69) is 9.97 Å². The van der Waals surface area contributed by atoms with Crippen molar-refractivity contribution in [2.24, 2.45) is 0 Å². The molecule has 0 amide bonds. The van der Waals surface area contributed by atoms with Gasteiger partial charge < -0.3 is 14.4 Å². The Morgan fingerprint density at radius 3 is 2.45 bits per heavy atom. The minimum atomic E-state index is -0.734. The van der Waals surface area contributed by atoms with Gasteiger partial charge in [0.1, 0.15) is 11.9 Å². The average molecular weight is 295 g/mol. The van der Waals surface area contributed by atoms with E-state index in [4.69, 9.17) is 4.42 Å². The largest absolute Gasteiger partial charge is 0.467 e. The topological polar surface area (TPSA) is 62.4 Å². The molecule has 112 valence electrons. The van der Waals surface area contributed by atoms with E-state index in [0.717, 1.165) is 5.56 Å². The molecule has 5 heteroatoms. The molecule has 0 aliphatic rings. The Balaban J connectivity index is 1.80. The van der Waals surface area contributed by atoms with E-state index in [1.54, 1.807) is 36.9 Å². The standard InChI is InChI=1S/C17H17N3O2/c21-15(16-8-4-11-22-16)13-20(17-18-9-5-10-19-17)12-14-6-2-1-3-7-14/h1-11,15,21H,12-13H2/t15-/m1/s1. The van der Waals surface area contributed by atoms with Gasteiger partial charge in [-0.05, 0) is 23.8 Å². The molecule has 2 heterocycles. The smallest absolute Gasteiger partial charge is 0.225 e. The van der Waals surface area contributed by atoms with Crippen LogP contribution in [-0.2, 0) is 6.54 Å². The number of hydrogen-bond acceptors (Lipinski definition) is 5. The van der Waals surface area contributed by atoms with Gasteiger partial charge in [0.25, 0.3) is 0 Å². The molecule has 3 aromatic rings. The maximum atomic E-state index is 10.3. The molecule has 0 aliphatic carbocycles. The van der Waals surface area contributed by atoms with E-state index in [1.165, 1.54) is 0 Å². The number of furan rings is 1. The van der Waals surface area contributed by atoms with E-state index in [0.29, 0.717) is 24.8 Å². The summed E-state index contributed by atoms with van der Waals surface area (Å²) >= 11 is 0. The zero-order chi connectivity index (χ0) is 15.2. The van der Waals surface area contributed by atoms with Gasteiger partial charge in [0.15, 0.2) is 0 Å². The molecule has 0 bridgehead atoms. The first-order valence-corrected chi connectivity index (χ1v) is 7.10. The lowest BCUT2D eigenvalue weighted by Gasteiger charge is -2.24. The maximum absolute atomic E-state index is 10.3. The number of anilines is 1. The van der Waals surface area contributed by atoms with Crippen LogP contribution in [-0.4, -0.2) is 21.6 Å². The second kappa shape index (κ2) is 6.87. The van der Waals surface area contributed by atoms with Crippen molar-refractivity contribution < 1.29 is 9.52 Å². The van der Waals surface area contributed by atoms with Gasteiger partial charge in [-0.25, -0.2) is 9.97 Å². The van der Waals surface area contributed by atoms with Gasteiger partial charge in [0.2, 0.25) is 5.95 Å². The summed E-state index contributed by atoms with van der Waals surface area (Å²) in [5.74, 6) is 1.12. The van der Waals surface area contributed by atoms with Gasteiger partial charge in [0.05, 0.1) is 12.8 Å². The molecule has 2 aromatic heterocycles. The van der Waals surface area contributed by atoms with Crippen molar-refractivity contribution in [3.05, 3.63) is 78.5 Å². The molecule has 0 saturated heterocycles. The molecular weight excluding hydrogens is 278 g/mol. The van der Waals surface area contributed by atoms with Crippen LogP contribution < -0.4 is 4.90 Å². The number of nitrogens with zero attached hydrogens (tertiary/aromatic N) is 3. The number of aliphatic hydroxyl groups is 1. The fourth-order valence-electron chi connectivity index (χ4n) is 2.25. The van der Waals surface area contributed by atoms with E-state index in [-0.39, 0.29) is 0 Å². The zero-order valence-electron chi connectivity index (χ0n) is 12.0. The average Bonchev–Trinajstić information content (AvgIpc) is 3.11. The number of aliphatic hydroxyl groups excluding tert-OH is 1. The molecule has 1 atom stereocenters. The van der Waals surface area contributed by atoms with E-state index in [1.807, 2.05) is 35.2 Å². The molecule has 0 unspecified atom stereocenters. The van der Waals surface area contributed by atoms with E-state index >= 15 is 0 Å². The van der Waals surface area contributed by atoms with Gasteiger partial charge >= 0.3 is 0 Å². The molecule has 5 nitrogen and oxygen atoms in total. The van der Waals surface area contributed by atoms with Gasteiger partial charge in [-0.2, -0.15) is 0 Å². The fourth-order valence-corrected chi connectivity index (χ4v) is 2.25. The van der Waals surface area contributed by atoms with Crippen LogP contribution in [0.25, 0.3) is 0 Å². The lowest BCUT2D eigenvalue weighted by Crippen LogP contribution is -2.29. The SMILES string of the molecule is O[C@H](CN(Cc1ccccc1)c1ncccn1)c1ccco1. The summed E-state index contributed by atoms with van der Waals surface area (Å²) in [7, 11) is 0. The molecule has 1 aromatic carbocycles. The Kier molecular flexibility index (Phi) is 4.46. The minimum Gasteiger partial charge on any atom is -0.467 e. The molecular formula is C17H17N3O2. The Morgan fingerprint density at radius 2 is 1.77 bits per heavy atom. The van der Waals surface area contributed by atoms with Gasteiger partial charge in [0, 0.05) is 18.9 Å². The molecule has 3 rings (SSSR count). The third kappa shape index (κ3) is 3.51. The second-order valence-electron chi connectivity index (χ2n) is 4.95. The summed E-state index contributed by atoms with van der Waals surface area (Å²) in [6.45, 7) is 0.967. The van der Waals surface area contributed by atoms with Crippen molar-refractivity contribution in [3.63, 3.8) is 0 Å². The Hall–Kier alpha value is -2.66. The lowest BCUT2D eigenvalue weighted by atomic mass is 10.2. The zero-order valence-corrected chi connectivity index (χ0v) is 12.0. The van der Waals surface area contributed by atoms with E-state index in [9.17, 15) is 5.11 Å². The summed E-state index contributed by atoms with van der Waals surface area (Å²) in [4.78, 5) is 10.5. The first kappa shape index (κ1) is 14.3. The highest BCUT2D eigenvalue weighted by molar-refractivity contribution is 5.32. The number of benzene rings is 1. The molecule has 1 N–H and O–H groups in total. The van der Waals surface area contributed by atoms with Crippen LogP contribution >= 0.6 is 0 Å². The van der Waals surface area contributed by atoms with Crippen LogP contribution in [0.1, 0.15) is 17.4 Å². The van der Waals surface area contributed by atoms with Crippen molar-refractivity contribution in [1.82, 2.24) is 9.97 Å². The maximum Gasteiger partial charge on any atom is 0.225 e. The highest BCUT2D eigenvalue weighted by Gasteiger charge is 2.18. The molecule has 0 radical (unpaired) electrons. The highest BCUT2D eigenvalue weighted by atomic mass is 16.4. The number of aromatic nitrogens is 2. The second-order valence-corrected chi connectivity index (χ2v) is 4.95. The Bertz CT molecular complexity index is 672. The summed E-state index contributed by atoms with van der Waals surface area (Å²) in [6.07, 6.45) is 4.21. The van der Waals surface area contributed by atoms with Crippen LogP contribution in [0.3, 0.4) is 0 Å². The fraction of sp³-hybridized carbons (Fsp3) is 0.176. The summed E-state index contributed by atoms with van der Waals surface area (Å²) in [6, 6.07) is 15.3. The van der Waals surface area contributed by atoms with Crippen LogP contribution in [0.15, 0.2) is 71.6 Å². The Labute approximate surface area is 128 Å². The van der Waals surface area contributed by atoms with Gasteiger partial charge in [-0.1, -0.05) is 30.3 Å². The molecule has 0 saturated carbocycles. The molecule has 0 fully saturated rings. The van der Waals surface area contributed by atoms with Crippen LogP contribution in [0, 0.1) is 0 Å². The van der Waals surface area contributed by atoms with Crippen molar-refractivity contribution in [3.8, 4) is 0 Å². The predicted molar refractivity (Wildman–Crippen MR) is 83.2 cm³/mol. The third-order valence-corrected chi connectivity index (χ3v) is 3.32. The van der Waals surface area contributed by atoms with E-state index < -0.39 is 6.10 Å². The summed E-state index contributed by atoms with van der Waals surface area (Å²) in [5, 5.41) is 10.3. The van der Waals surface area contributed by atoms with Crippen LogP contribution in [0.4, 0.5) is 5.95 Å². The number of rotatable bonds is 6. The Morgan fingerprint density at radius 1 is 1.00 bits per heavy atom. The summed E-state index contributed by atoms with van der Waals surface area (Å²) < 4.78 is 5.26. The highest BCUT2D eigenvalue weighted by Crippen LogP contribution is 2.19. The first-order chi connectivity index (χ1) is 10.8. The van der Waals surface area contributed by atoms with Crippen molar-refractivity contribution in [2.75, 3.05) is 11.4 Å². The van der Waals surface area contributed by atoms with Gasteiger partial charge in [-0.3, -0.25) is 0 Å². The van der Waals surface area contributed by atoms with Gasteiger partial charge in [-0.15, -0.1) is 0 Å². The first-order valence-electron chi connectivity index (χ1n) is 7.10. The molecule has 0 aliphatic heterocycles. The molecule has 0 spiro atoms. The summed E-state index contributed by atoms with van der Waals surface area (Å²) in [5.41, 5.74) is 1.13.